The highest BCUT2D eigenvalue weighted by molar-refractivity contribution is 5.99. The van der Waals surface area contributed by atoms with E-state index in [1.807, 2.05) is 0 Å². The largest absolute Gasteiger partial charge is 0.497 e. The Morgan fingerprint density at radius 3 is 2.89 bits per heavy atom. The fraction of sp³-hybridized carbons (Fsp3) is 0.462. The lowest BCUT2D eigenvalue weighted by Crippen LogP contribution is -2.38. The molecule has 4 N–H and O–H groups in total. The van der Waals surface area contributed by atoms with E-state index in [-0.39, 0.29) is 12.0 Å². The maximum absolute atomic E-state index is 12.0. The summed E-state index contributed by atoms with van der Waals surface area (Å²) in [6.45, 7) is 0.576. The van der Waals surface area contributed by atoms with Crippen LogP contribution in [0.15, 0.2) is 18.2 Å². The van der Waals surface area contributed by atoms with Crippen LogP contribution in [0.5, 0.6) is 5.75 Å². The number of hydrogen-bond donors (Lipinski definition) is 3. The van der Waals surface area contributed by atoms with Gasteiger partial charge in [-0.1, -0.05) is 0 Å². The Kier molecular flexibility index (Phi) is 3.72. The zero-order valence-corrected chi connectivity index (χ0v) is 10.3. The van der Waals surface area contributed by atoms with Gasteiger partial charge < -0.3 is 20.9 Å². The third-order valence-electron chi connectivity index (χ3n) is 3.27. The molecule has 0 saturated heterocycles. The first-order valence-electron chi connectivity index (χ1n) is 6.00. The number of nitrogen functional groups attached to an aromatic ring is 1. The number of carbonyl (C=O) groups excluding carboxylic acids is 1. The van der Waals surface area contributed by atoms with Gasteiger partial charge in [0.15, 0.2) is 0 Å². The Hall–Kier alpha value is -1.75. The summed E-state index contributed by atoms with van der Waals surface area (Å²) in [5.74, 6) is 0.775. The van der Waals surface area contributed by atoms with E-state index in [2.05, 4.69) is 5.32 Å². The standard InChI is InChI=1S/C13H18N2O3/c1-18-10-2-3-12(14)11(6-10)13(17)15-7-8-4-9(16)5-8/h2-3,6,8-9,16H,4-5,7,14H2,1H3,(H,15,17). The van der Waals surface area contributed by atoms with Crippen molar-refractivity contribution in [2.45, 2.75) is 18.9 Å². The number of carbonyl (C=O) groups is 1. The fourth-order valence-electron chi connectivity index (χ4n) is 2.06. The molecule has 1 saturated carbocycles. The van der Waals surface area contributed by atoms with Crippen molar-refractivity contribution < 1.29 is 14.6 Å². The molecule has 5 nitrogen and oxygen atoms in total. The van der Waals surface area contributed by atoms with Gasteiger partial charge in [-0.15, -0.1) is 0 Å². The lowest BCUT2D eigenvalue weighted by Gasteiger charge is -2.31. The summed E-state index contributed by atoms with van der Waals surface area (Å²) in [5.41, 5.74) is 6.62. The van der Waals surface area contributed by atoms with Gasteiger partial charge in [0.25, 0.3) is 5.91 Å². The monoisotopic (exact) mass is 250 g/mol. The molecular formula is C13H18N2O3. The Morgan fingerprint density at radius 2 is 2.28 bits per heavy atom. The summed E-state index contributed by atoms with van der Waals surface area (Å²) < 4.78 is 5.06. The minimum absolute atomic E-state index is 0.200. The second-order valence-corrected chi connectivity index (χ2v) is 4.65. The maximum Gasteiger partial charge on any atom is 0.253 e. The van der Waals surface area contributed by atoms with Crippen LogP contribution in [0.25, 0.3) is 0 Å². The van der Waals surface area contributed by atoms with Crippen molar-refractivity contribution in [2.24, 2.45) is 5.92 Å². The number of nitrogens with one attached hydrogen (secondary N) is 1. The van der Waals surface area contributed by atoms with Crippen LogP contribution in [-0.2, 0) is 0 Å². The molecule has 18 heavy (non-hydrogen) atoms. The molecule has 0 radical (unpaired) electrons. The number of aliphatic hydroxyl groups is 1. The summed E-state index contributed by atoms with van der Waals surface area (Å²) in [4.78, 5) is 12.0. The molecule has 0 bridgehead atoms. The van der Waals surface area contributed by atoms with Crippen LogP contribution in [-0.4, -0.2) is 30.8 Å². The van der Waals surface area contributed by atoms with E-state index in [9.17, 15) is 4.79 Å². The van der Waals surface area contributed by atoms with Gasteiger partial charge in [-0.05, 0) is 37.0 Å². The number of amides is 1. The van der Waals surface area contributed by atoms with Crippen molar-refractivity contribution >= 4 is 11.6 Å². The van der Waals surface area contributed by atoms with Crippen molar-refractivity contribution in [2.75, 3.05) is 19.4 Å². The summed E-state index contributed by atoms with van der Waals surface area (Å²) in [5, 5.41) is 12.0. The quantitative estimate of drug-likeness (QED) is 0.689. The van der Waals surface area contributed by atoms with Gasteiger partial charge in [0.1, 0.15) is 5.75 Å². The highest BCUT2D eigenvalue weighted by atomic mass is 16.5. The van der Waals surface area contributed by atoms with E-state index in [0.717, 1.165) is 12.8 Å². The van der Waals surface area contributed by atoms with Crippen LogP contribution < -0.4 is 15.8 Å². The third-order valence-corrected chi connectivity index (χ3v) is 3.27. The van der Waals surface area contributed by atoms with Crippen molar-refractivity contribution in [3.05, 3.63) is 23.8 Å². The van der Waals surface area contributed by atoms with Gasteiger partial charge in [0.05, 0.1) is 18.8 Å². The predicted octanol–water partition coefficient (Wildman–Crippen LogP) is 0.778. The molecule has 1 amide bonds. The fourth-order valence-corrected chi connectivity index (χ4v) is 2.06. The lowest BCUT2D eigenvalue weighted by atomic mass is 9.82. The third kappa shape index (κ3) is 2.73. The first kappa shape index (κ1) is 12.7. The van der Waals surface area contributed by atoms with Crippen molar-refractivity contribution in [3.8, 4) is 5.75 Å². The molecule has 1 aliphatic rings. The highest BCUT2D eigenvalue weighted by Crippen LogP contribution is 2.26. The summed E-state index contributed by atoms with van der Waals surface area (Å²) in [6, 6.07) is 5.00. The van der Waals surface area contributed by atoms with Gasteiger partial charge >= 0.3 is 0 Å². The van der Waals surface area contributed by atoms with Crippen molar-refractivity contribution in [1.82, 2.24) is 5.32 Å². The zero-order chi connectivity index (χ0) is 13.1. The first-order chi connectivity index (χ1) is 8.60. The predicted molar refractivity (Wildman–Crippen MR) is 68.5 cm³/mol. The normalized spacial score (nSPS) is 22.1. The number of aliphatic hydroxyl groups excluding tert-OH is 1. The second kappa shape index (κ2) is 5.27. The molecule has 5 heteroatoms. The van der Waals surface area contributed by atoms with Crippen LogP contribution in [0.1, 0.15) is 23.2 Å². The molecule has 0 unspecified atom stereocenters. The Morgan fingerprint density at radius 1 is 1.56 bits per heavy atom. The molecule has 98 valence electrons. The number of ether oxygens (including phenoxy) is 1. The van der Waals surface area contributed by atoms with Gasteiger partial charge in [0.2, 0.25) is 0 Å². The van der Waals surface area contributed by atoms with Crippen molar-refractivity contribution in [1.29, 1.82) is 0 Å². The Labute approximate surface area is 106 Å². The molecule has 0 spiro atoms. The minimum Gasteiger partial charge on any atom is -0.497 e. The number of rotatable bonds is 4. The summed E-state index contributed by atoms with van der Waals surface area (Å²) in [6.07, 6.45) is 1.32. The molecule has 0 heterocycles. The van der Waals surface area contributed by atoms with E-state index in [1.54, 1.807) is 25.3 Å². The average Bonchev–Trinajstić information content (AvgIpc) is 2.33. The van der Waals surface area contributed by atoms with Gasteiger partial charge in [-0.25, -0.2) is 0 Å². The first-order valence-corrected chi connectivity index (χ1v) is 6.00. The molecule has 0 aromatic heterocycles. The van der Waals surface area contributed by atoms with E-state index < -0.39 is 0 Å². The number of nitrogens with two attached hydrogens (primary N) is 1. The SMILES string of the molecule is COc1ccc(N)c(C(=O)NCC2CC(O)C2)c1. The van der Waals surface area contributed by atoms with Gasteiger partial charge in [-0.3, -0.25) is 4.79 Å². The van der Waals surface area contributed by atoms with Crippen LogP contribution in [0.3, 0.4) is 0 Å². The highest BCUT2D eigenvalue weighted by Gasteiger charge is 2.27. The molecule has 0 aliphatic heterocycles. The molecule has 2 rings (SSSR count). The van der Waals surface area contributed by atoms with Crippen molar-refractivity contribution in [3.63, 3.8) is 0 Å². The number of methoxy groups -OCH3 is 1. The van der Waals surface area contributed by atoms with Crippen LogP contribution in [0.2, 0.25) is 0 Å². The molecule has 1 aromatic rings. The van der Waals surface area contributed by atoms with E-state index in [1.165, 1.54) is 0 Å². The zero-order valence-electron chi connectivity index (χ0n) is 10.3. The van der Waals surface area contributed by atoms with E-state index in [0.29, 0.717) is 29.5 Å². The number of anilines is 1. The molecule has 1 aliphatic carbocycles. The van der Waals surface area contributed by atoms with Crippen LogP contribution in [0, 0.1) is 5.92 Å². The Balaban J connectivity index is 1.95. The molecule has 0 atom stereocenters. The topological polar surface area (TPSA) is 84.6 Å². The number of hydrogen-bond acceptors (Lipinski definition) is 4. The van der Waals surface area contributed by atoms with Gasteiger partial charge in [0, 0.05) is 12.2 Å². The molecular weight excluding hydrogens is 232 g/mol. The van der Waals surface area contributed by atoms with Crippen LogP contribution in [0.4, 0.5) is 5.69 Å². The van der Waals surface area contributed by atoms with Crippen LogP contribution >= 0.6 is 0 Å². The minimum atomic E-state index is -0.201. The lowest BCUT2D eigenvalue weighted by molar-refractivity contribution is 0.0420. The summed E-state index contributed by atoms with van der Waals surface area (Å²) in [7, 11) is 1.54. The van der Waals surface area contributed by atoms with Gasteiger partial charge in [-0.2, -0.15) is 0 Å². The average molecular weight is 250 g/mol. The van der Waals surface area contributed by atoms with E-state index in [4.69, 9.17) is 15.6 Å². The Bertz CT molecular complexity index is 442. The molecule has 1 fully saturated rings. The van der Waals surface area contributed by atoms with E-state index >= 15 is 0 Å². The second-order valence-electron chi connectivity index (χ2n) is 4.65. The smallest absolute Gasteiger partial charge is 0.253 e. The summed E-state index contributed by atoms with van der Waals surface area (Å²) >= 11 is 0. The molecule has 1 aromatic carbocycles. The number of benzene rings is 1. The maximum atomic E-state index is 12.0.